The molecule has 0 radical (unpaired) electrons. The maximum atomic E-state index is 5.39. The average Bonchev–Trinajstić information content (AvgIpc) is 3.21. The maximum absolute atomic E-state index is 5.39. The lowest BCUT2D eigenvalue weighted by atomic mass is 10.0. The number of likely N-dealkylation sites (N-methyl/N-ethyl adjacent to an activating group) is 1. The monoisotopic (exact) mass is 486 g/mol. The lowest BCUT2D eigenvalue weighted by Crippen LogP contribution is -2.43. The normalized spacial score (nSPS) is 12.4. The van der Waals surface area contributed by atoms with Gasteiger partial charge in [0.1, 0.15) is 11.5 Å². The van der Waals surface area contributed by atoms with Crippen LogP contribution < -0.4 is 15.4 Å². The highest BCUT2D eigenvalue weighted by molar-refractivity contribution is 14.0. The number of aliphatic imine (C=N–C) groups is 1. The molecule has 6 nitrogen and oxygen atoms in total. The number of guanidine groups is 1. The summed E-state index contributed by atoms with van der Waals surface area (Å²) in [7, 11) is 3.47. The number of benzene rings is 1. The van der Waals surface area contributed by atoms with Gasteiger partial charge in [-0.1, -0.05) is 26.0 Å². The Balaban J connectivity index is 0.00000364. The molecule has 0 amide bonds. The van der Waals surface area contributed by atoms with Crippen LogP contribution in [0.4, 0.5) is 0 Å². The summed E-state index contributed by atoms with van der Waals surface area (Å²) in [5, 5.41) is 6.71. The van der Waals surface area contributed by atoms with Crippen molar-refractivity contribution in [2.24, 2.45) is 4.99 Å². The van der Waals surface area contributed by atoms with Crippen LogP contribution in [0.25, 0.3) is 0 Å². The van der Waals surface area contributed by atoms with Crippen LogP contribution in [0.5, 0.6) is 5.75 Å². The van der Waals surface area contributed by atoms with E-state index in [1.54, 1.807) is 20.4 Å². The van der Waals surface area contributed by atoms with E-state index in [4.69, 9.17) is 9.15 Å². The molecule has 0 bridgehead atoms. The minimum absolute atomic E-state index is 0. The molecule has 7 heteroatoms. The number of nitrogens with zero attached hydrogens (tertiary/aromatic N) is 2. The number of hydrogen-bond acceptors (Lipinski definition) is 4. The summed E-state index contributed by atoms with van der Waals surface area (Å²) in [5.41, 5.74) is 1.22. The second kappa shape index (κ2) is 12.6. The highest BCUT2D eigenvalue weighted by atomic mass is 127. The fourth-order valence-corrected chi connectivity index (χ4v) is 2.97. The van der Waals surface area contributed by atoms with Crippen LogP contribution in [0.2, 0.25) is 0 Å². The van der Waals surface area contributed by atoms with Crippen LogP contribution >= 0.6 is 24.0 Å². The summed E-state index contributed by atoms with van der Waals surface area (Å²) >= 11 is 0. The zero-order valence-electron chi connectivity index (χ0n) is 16.6. The minimum atomic E-state index is 0. The zero-order valence-corrected chi connectivity index (χ0v) is 18.9. The molecule has 0 spiro atoms. The lowest BCUT2D eigenvalue weighted by molar-refractivity contribution is 0.218. The molecule has 150 valence electrons. The number of rotatable bonds is 9. The van der Waals surface area contributed by atoms with Crippen LogP contribution in [0.15, 0.2) is 52.1 Å². The fraction of sp³-hybridized carbons (Fsp3) is 0.450. The molecule has 0 fully saturated rings. The summed E-state index contributed by atoms with van der Waals surface area (Å²) in [6.07, 6.45) is 1.67. The van der Waals surface area contributed by atoms with E-state index in [1.165, 1.54) is 5.56 Å². The molecule has 2 rings (SSSR count). The topological polar surface area (TPSA) is 62.0 Å². The Bertz CT molecular complexity index is 672. The number of furan rings is 1. The van der Waals surface area contributed by atoms with E-state index in [0.29, 0.717) is 6.54 Å². The van der Waals surface area contributed by atoms with Gasteiger partial charge in [-0.3, -0.25) is 9.89 Å². The Morgan fingerprint density at radius 1 is 1.19 bits per heavy atom. The third kappa shape index (κ3) is 7.06. The SMILES string of the molecule is CCN(CC)C(CNC(=NC)NCc1ccco1)c1cccc(OC)c1.I. The highest BCUT2D eigenvalue weighted by Gasteiger charge is 2.19. The maximum Gasteiger partial charge on any atom is 0.191 e. The summed E-state index contributed by atoms with van der Waals surface area (Å²) in [6, 6.07) is 12.3. The second-order valence-electron chi connectivity index (χ2n) is 5.90. The fourth-order valence-electron chi connectivity index (χ4n) is 2.97. The zero-order chi connectivity index (χ0) is 18.8. The Hall–Kier alpha value is -1.74. The second-order valence-corrected chi connectivity index (χ2v) is 5.90. The highest BCUT2D eigenvalue weighted by Crippen LogP contribution is 2.23. The molecule has 0 saturated heterocycles. The van der Waals surface area contributed by atoms with Crippen LogP contribution in [-0.4, -0.2) is 44.7 Å². The van der Waals surface area contributed by atoms with Gasteiger partial charge in [0, 0.05) is 13.6 Å². The smallest absolute Gasteiger partial charge is 0.191 e. The first-order chi connectivity index (χ1) is 12.7. The van der Waals surface area contributed by atoms with E-state index in [-0.39, 0.29) is 30.0 Å². The number of halogens is 1. The van der Waals surface area contributed by atoms with Gasteiger partial charge in [0.15, 0.2) is 5.96 Å². The molecular weight excluding hydrogens is 455 g/mol. The molecule has 2 aromatic rings. The largest absolute Gasteiger partial charge is 0.497 e. The molecule has 1 aromatic heterocycles. The average molecular weight is 486 g/mol. The molecule has 0 aliphatic rings. The van der Waals surface area contributed by atoms with Crippen molar-refractivity contribution in [2.75, 3.05) is 33.8 Å². The lowest BCUT2D eigenvalue weighted by Gasteiger charge is -2.31. The Morgan fingerprint density at radius 3 is 2.56 bits per heavy atom. The Kier molecular flexibility index (Phi) is 10.9. The number of ether oxygens (including phenoxy) is 1. The van der Waals surface area contributed by atoms with Gasteiger partial charge in [-0.05, 0) is 42.9 Å². The summed E-state index contributed by atoms with van der Waals surface area (Å²) in [4.78, 5) is 6.73. The van der Waals surface area contributed by atoms with Crippen LogP contribution in [0, 0.1) is 0 Å². The molecule has 1 unspecified atom stereocenters. The van der Waals surface area contributed by atoms with Crippen molar-refractivity contribution in [1.82, 2.24) is 15.5 Å². The quantitative estimate of drug-likeness (QED) is 0.322. The van der Waals surface area contributed by atoms with Crippen LogP contribution in [0.1, 0.15) is 31.2 Å². The molecule has 1 atom stereocenters. The van der Waals surface area contributed by atoms with Crippen molar-refractivity contribution in [1.29, 1.82) is 0 Å². The summed E-state index contributed by atoms with van der Waals surface area (Å²) in [5.74, 6) is 2.50. The molecule has 1 heterocycles. The van der Waals surface area contributed by atoms with Crippen molar-refractivity contribution in [3.8, 4) is 5.75 Å². The van der Waals surface area contributed by atoms with Crippen molar-refractivity contribution in [2.45, 2.75) is 26.4 Å². The first-order valence-corrected chi connectivity index (χ1v) is 9.06. The van der Waals surface area contributed by atoms with E-state index < -0.39 is 0 Å². The molecule has 0 aliphatic heterocycles. The molecule has 2 N–H and O–H groups in total. The predicted molar refractivity (Wildman–Crippen MR) is 121 cm³/mol. The van der Waals surface area contributed by atoms with Gasteiger partial charge < -0.3 is 19.8 Å². The minimum Gasteiger partial charge on any atom is -0.497 e. The van der Waals surface area contributed by atoms with Gasteiger partial charge in [-0.2, -0.15) is 0 Å². The number of methoxy groups -OCH3 is 1. The van der Waals surface area contributed by atoms with Crippen molar-refractivity contribution < 1.29 is 9.15 Å². The summed E-state index contributed by atoms with van der Waals surface area (Å²) < 4.78 is 10.7. The van der Waals surface area contributed by atoms with Gasteiger partial charge >= 0.3 is 0 Å². The van der Waals surface area contributed by atoms with Crippen molar-refractivity contribution >= 4 is 29.9 Å². The molecule has 0 aliphatic carbocycles. The predicted octanol–water partition coefficient (Wildman–Crippen LogP) is 3.65. The van der Waals surface area contributed by atoms with Gasteiger partial charge in [0.2, 0.25) is 0 Å². The molecular formula is C20H31IN4O2. The third-order valence-electron chi connectivity index (χ3n) is 4.43. The Labute approximate surface area is 179 Å². The standard InChI is InChI=1S/C20H30N4O2.HI/c1-5-24(6-2)19(16-9-7-10-17(13-16)25-4)15-23-20(21-3)22-14-18-11-8-12-26-18;/h7-13,19H,5-6,14-15H2,1-4H3,(H2,21,22,23);1H. The van der Waals surface area contributed by atoms with Gasteiger partial charge in [-0.15, -0.1) is 24.0 Å². The van der Waals surface area contributed by atoms with Gasteiger partial charge in [0.25, 0.3) is 0 Å². The Morgan fingerprint density at radius 2 is 1.96 bits per heavy atom. The van der Waals surface area contributed by atoms with Crippen molar-refractivity contribution in [3.63, 3.8) is 0 Å². The van der Waals surface area contributed by atoms with Crippen LogP contribution in [0.3, 0.4) is 0 Å². The van der Waals surface area contributed by atoms with E-state index in [0.717, 1.165) is 37.1 Å². The van der Waals surface area contributed by atoms with E-state index >= 15 is 0 Å². The number of hydrogen-bond donors (Lipinski definition) is 2. The van der Waals surface area contributed by atoms with Crippen LogP contribution in [-0.2, 0) is 6.54 Å². The number of nitrogens with one attached hydrogen (secondary N) is 2. The van der Waals surface area contributed by atoms with Gasteiger partial charge in [-0.25, -0.2) is 0 Å². The first kappa shape index (κ1) is 23.3. The van der Waals surface area contributed by atoms with E-state index in [2.05, 4.69) is 46.5 Å². The molecule has 1 aromatic carbocycles. The van der Waals surface area contributed by atoms with E-state index in [1.807, 2.05) is 24.3 Å². The van der Waals surface area contributed by atoms with E-state index in [9.17, 15) is 0 Å². The molecule has 27 heavy (non-hydrogen) atoms. The molecule has 0 saturated carbocycles. The van der Waals surface area contributed by atoms with Crippen molar-refractivity contribution in [3.05, 3.63) is 54.0 Å². The van der Waals surface area contributed by atoms with Gasteiger partial charge in [0.05, 0.1) is 26.0 Å². The first-order valence-electron chi connectivity index (χ1n) is 9.06. The third-order valence-corrected chi connectivity index (χ3v) is 4.43. The summed E-state index contributed by atoms with van der Waals surface area (Å²) in [6.45, 7) is 7.65.